The summed E-state index contributed by atoms with van der Waals surface area (Å²) >= 11 is 0. The molecule has 0 unspecified atom stereocenters. The molecule has 0 aromatic rings. The van der Waals surface area contributed by atoms with E-state index in [9.17, 15) is 30.0 Å². The monoisotopic (exact) mass is 786 g/mol. The Kier molecular flexibility index (Phi) is 14.9. The molecular formula is C40H70N2O13. The minimum atomic E-state index is -1.82. The number of hydrogen-bond donors (Lipinski definition) is 4. The van der Waals surface area contributed by atoms with Crippen LogP contribution < -0.4 is 0 Å². The van der Waals surface area contributed by atoms with Crippen molar-refractivity contribution in [1.82, 2.24) is 9.80 Å². The van der Waals surface area contributed by atoms with Gasteiger partial charge in [0.2, 0.25) is 0 Å². The average molecular weight is 787 g/mol. The van der Waals surface area contributed by atoms with Crippen molar-refractivity contribution in [1.29, 1.82) is 0 Å². The molecule has 4 fully saturated rings. The maximum Gasteiger partial charge on any atom is 0.410 e. The quantitative estimate of drug-likeness (QED) is 0.208. The summed E-state index contributed by atoms with van der Waals surface area (Å²) in [5, 5.41) is 46.9. The van der Waals surface area contributed by atoms with E-state index < -0.39 is 102 Å². The van der Waals surface area contributed by atoms with E-state index in [4.69, 9.17) is 33.2 Å². The lowest BCUT2D eigenvalue weighted by Gasteiger charge is -2.48. The number of nitrogens with zero attached hydrogens (tertiary/aromatic N) is 2. The first-order valence-corrected chi connectivity index (χ1v) is 20.0. The van der Waals surface area contributed by atoms with Crippen LogP contribution >= 0.6 is 0 Å². The van der Waals surface area contributed by atoms with Crippen molar-refractivity contribution >= 4 is 12.1 Å². The van der Waals surface area contributed by atoms with Crippen LogP contribution in [0.4, 0.5) is 4.79 Å². The Morgan fingerprint density at radius 3 is 2.22 bits per heavy atom. The molecule has 15 heteroatoms. The summed E-state index contributed by atoms with van der Waals surface area (Å²) in [4.78, 5) is 30.8. The highest BCUT2D eigenvalue weighted by Crippen LogP contribution is 2.41. The van der Waals surface area contributed by atoms with Crippen molar-refractivity contribution in [2.24, 2.45) is 17.8 Å². The largest absolute Gasteiger partial charge is 0.459 e. The topological polar surface area (TPSA) is 186 Å². The molecule has 4 heterocycles. The van der Waals surface area contributed by atoms with Gasteiger partial charge in [-0.05, 0) is 80.7 Å². The van der Waals surface area contributed by atoms with Crippen LogP contribution in [0.5, 0.6) is 0 Å². The highest BCUT2D eigenvalue weighted by atomic mass is 16.7. The minimum Gasteiger partial charge on any atom is -0.459 e. The first kappa shape index (κ1) is 45.8. The number of methoxy groups -OCH3 is 1. The van der Waals surface area contributed by atoms with Gasteiger partial charge in [-0.3, -0.25) is 9.69 Å². The molecule has 0 spiro atoms. The van der Waals surface area contributed by atoms with Crippen molar-refractivity contribution in [3.8, 4) is 0 Å². The van der Waals surface area contributed by atoms with Crippen LogP contribution in [0.3, 0.4) is 0 Å². The molecule has 318 valence electrons. The fourth-order valence-corrected chi connectivity index (χ4v) is 9.32. The van der Waals surface area contributed by atoms with Gasteiger partial charge in [-0.25, -0.2) is 4.79 Å². The second-order valence-corrected chi connectivity index (χ2v) is 17.5. The number of cyclic esters (lactones) is 1. The molecule has 15 nitrogen and oxygen atoms in total. The van der Waals surface area contributed by atoms with Gasteiger partial charge in [-0.2, -0.15) is 0 Å². The van der Waals surface area contributed by atoms with Gasteiger partial charge in [0.15, 0.2) is 18.7 Å². The number of rotatable bonds is 8. The Morgan fingerprint density at radius 2 is 1.62 bits per heavy atom. The normalized spacial score (nSPS) is 48.3. The van der Waals surface area contributed by atoms with E-state index in [1.807, 2.05) is 32.7 Å². The molecule has 4 N–H and O–H groups in total. The molecule has 4 aliphatic heterocycles. The first-order chi connectivity index (χ1) is 25.5. The standard InChI is InChI=1S/C40H70N2O13/c1-14-16-42-27-17-22(4)50-36(31(27)54-37(42)46)55-34-23(5)30(53-29-19-39(10,49-13)33(44)26(8)51-29)24(6)35(45)52-28(15-2)40(11,48)32(43)25(7)41(12)20-21(3)18-38(34,9)47/h14,21-34,36,43-44,47-48H,1,15-20H2,2-13H3/t21-,22-,23+,24-,25-,26+,27+,28-,29+,30+,31-,32-,33+,34-,36+,38-,39-,40-/m1/s1. The molecule has 0 bridgehead atoms. The van der Waals surface area contributed by atoms with E-state index >= 15 is 0 Å². The van der Waals surface area contributed by atoms with E-state index in [2.05, 4.69) is 6.58 Å². The minimum absolute atomic E-state index is 0.115. The Hall–Kier alpha value is -1.92. The number of ether oxygens (including phenoxy) is 7. The van der Waals surface area contributed by atoms with Crippen LogP contribution in [-0.4, -0.2) is 160 Å². The lowest BCUT2D eigenvalue weighted by atomic mass is 9.77. The summed E-state index contributed by atoms with van der Waals surface area (Å²) in [5.74, 6) is -2.69. The van der Waals surface area contributed by atoms with Crippen LogP contribution in [0.1, 0.15) is 94.9 Å². The molecule has 0 saturated carbocycles. The van der Waals surface area contributed by atoms with Crippen LogP contribution in [0, 0.1) is 17.8 Å². The van der Waals surface area contributed by atoms with Gasteiger partial charge in [0, 0.05) is 38.6 Å². The molecular weight excluding hydrogens is 716 g/mol. The summed E-state index contributed by atoms with van der Waals surface area (Å²) in [6.07, 6.45) is -7.17. The summed E-state index contributed by atoms with van der Waals surface area (Å²) in [7, 11) is 3.33. The zero-order chi connectivity index (χ0) is 41.4. The molecule has 1 amide bonds. The molecule has 0 aromatic carbocycles. The molecule has 0 aliphatic carbocycles. The number of fused-ring (bicyclic) bond motifs is 1. The Bertz CT molecular complexity index is 1320. The third-order valence-electron chi connectivity index (χ3n) is 12.7. The molecule has 0 radical (unpaired) electrons. The molecule has 4 saturated heterocycles. The number of aliphatic hydroxyl groups is 4. The maximum atomic E-state index is 14.3. The smallest absolute Gasteiger partial charge is 0.410 e. The fraction of sp³-hybridized carbons (Fsp3) is 0.900. The predicted molar refractivity (Wildman–Crippen MR) is 202 cm³/mol. The number of amides is 1. The lowest BCUT2D eigenvalue weighted by molar-refractivity contribution is -0.314. The Morgan fingerprint density at radius 1 is 0.964 bits per heavy atom. The van der Waals surface area contributed by atoms with Crippen molar-refractivity contribution < 1.29 is 63.2 Å². The SMILES string of the molecule is C=CCN1C(=O)O[C@H]2[C@H](O[C@@H]3[C@@H](C)[C@H](O[C@H]4C[C@@](C)(OC)[C@@H](O)[C@H](C)O4)[C@@H](C)C(=O)O[C@H](CC)[C@@](C)(O)[C@H](O)[C@@H](C)N(C)C[C@H](C)C[C@@]3(C)O)O[C@H](C)C[C@@H]21. The maximum absolute atomic E-state index is 14.3. The van der Waals surface area contributed by atoms with Gasteiger partial charge in [0.25, 0.3) is 0 Å². The van der Waals surface area contributed by atoms with E-state index in [0.29, 0.717) is 13.0 Å². The lowest BCUT2D eigenvalue weighted by Crippen LogP contribution is -2.60. The molecule has 0 aromatic heterocycles. The number of carbonyl (C=O) groups excluding carboxylic acids is 2. The van der Waals surface area contributed by atoms with Gasteiger partial charge in [-0.1, -0.05) is 26.8 Å². The molecule has 18 atom stereocenters. The Balaban J connectivity index is 1.82. The summed E-state index contributed by atoms with van der Waals surface area (Å²) in [5.41, 5.74) is -4.45. The number of aliphatic hydroxyl groups excluding tert-OH is 2. The number of hydrogen-bond acceptors (Lipinski definition) is 14. The van der Waals surface area contributed by atoms with Gasteiger partial charge >= 0.3 is 12.1 Å². The van der Waals surface area contributed by atoms with Gasteiger partial charge < -0.3 is 58.5 Å². The highest BCUT2D eigenvalue weighted by molar-refractivity contribution is 5.73. The van der Waals surface area contributed by atoms with Crippen LogP contribution in [0.2, 0.25) is 0 Å². The van der Waals surface area contributed by atoms with Crippen molar-refractivity contribution in [2.45, 2.75) is 185 Å². The van der Waals surface area contributed by atoms with E-state index in [1.165, 1.54) is 14.0 Å². The van der Waals surface area contributed by atoms with Gasteiger partial charge in [-0.15, -0.1) is 6.58 Å². The molecule has 4 aliphatic rings. The second kappa shape index (κ2) is 17.9. The van der Waals surface area contributed by atoms with Gasteiger partial charge in [0.05, 0.1) is 47.6 Å². The van der Waals surface area contributed by atoms with Crippen molar-refractivity contribution in [3.05, 3.63) is 12.7 Å². The van der Waals surface area contributed by atoms with Crippen LogP contribution in [0.15, 0.2) is 12.7 Å². The number of likely N-dealkylation sites (N-methyl/N-ethyl adjacent to an activating group) is 1. The molecule has 55 heavy (non-hydrogen) atoms. The van der Waals surface area contributed by atoms with Crippen LogP contribution in [-0.2, 0) is 38.0 Å². The van der Waals surface area contributed by atoms with Gasteiger partial charge in [0.1, 0.15) is 23.9 Å². The highest BCUT2D eigenvalue weighted by Gasteiger charge is 2.55. The third kappa shape index (κ3) is 9.69. The summed E-state index contributed by atoms with van der Waals surface area (Å²) in [6, 6.07) is -0.919. The molecule has 4 rings (SSSR count). The number of esters is 1. The number of carbonyl (C=O) groups is 2. The van der Waals surface area contributed by atoms with Crippen LogP contribution in [0.25, 0.3) is 0 Å². The zero-order valence-corrected chi connectivity index (χ0v) is 35.0. The van der Waals surface area contributed by atoms with E-state index in [1.54, 1.807) is 52.5 Å². The first-order valence-electron chi connectivity index (χ1n) is 20.0. The van der Waals surface area contributed by atoms with E-state index in [0.717, 1.165) is 0 Å². The third-order valence-corrected chi connectivity index (χ3v) is 12.7. The summed E-state index contributed by atoms with van der Waals surface area (Å²) < 4.78 is 43.8. The second-order valence-electron chi connectivity index (χ2n) is 17.5. The van der Waals surface area contributed by atoms with Crippen molar-refractivity contribution in [2.75, 3.05) is 27.2 Å². The van der Waals surface area contributed by atoms with E-state index in [-0.39, 0.29) is 43.9 Å². The fourth-order valence-electron chi connectivity index (χ4n) is 9.32. The van der Waals surface area contributed by atoms with Crippen molar-refractivity contribution in [3.63, 3.8) is 0 Å². The zero-order valence-electron chi connectivity index (χ0n) is 35.0. The average Bonchev–Trinajstić information content (AvgIpc) is 3.42. The Labute approximate surface area is 327 Å². The predicted octanol–water partition coefficient (Wildman–Crippen LogP) is 2.99. The summed E-state index contributed by atoms with van der Waals surface area (Å²) in [6.45, 7) is 22.0.